The van der Waals surface area contributed by atoms with E-state index in [4.69, 9.17) is 5.73 Å². The van der Waals surface area contributed by atoms with Crippen molar-refractivity contribution < 1.29 is 13.6 Å². The molecule has 0 heterocycles. The van der Waals surface area contributed by atoms with Crippen molar-refractivity contribution in [2.75, 3.05) is 19.6 Å². The van der Waals surface area contributed by atoms with Crippen LogP contribution in [0.15, 0.2) is 12.1 Å². The van der Waals surface area contributed by atoms with Crippen molar-refractivity contribution >= 4 is 5.91 Å². The number of aryl methyl sites for hydroxylation is 1. The van der Waals surface area contributed by atoms with Crippen molar-refractivity contribution in [3.8, 4) is 0 Å². The lowest BCUT2D eigenvalue weighted by Gasteiger charge is -2.20. The van der Waals surface area contributed by atoms with Crippen LogP contribution in [0.5, 0.6) is 0 Å². The molecule has 1 amide bonds. The third-order valence-electron chi connectivity index (χ3n) is 2.55. The highest BCUT2D eigenvalue weighted by molar-refractivity contribution is 5.94. The van der Waals surface area contributed by atoms with Crippen LogP contribution in [-0.2, 0) is 0 Å². The lowest BCUT2D eigenvalue weighted by Crippen LogP contribution is -2.35. The lowest BCUT2D eigenvalue weighted by atomic mass is 10.1. The number of hydrogen-bond donors (Lipinski definition) is 1. The summed E-state index contributed by atoms with van der Waals surface area (Å²) < 4.78 is 26.6. The van der Waals surface area contributed by atoms with E-state index in [1.807, 2.05) is 0 Å². The van der Waals surface area contributed by atoms with Crippen molar-refractivity contribution in [3.63, 3.8) is 0 Å². The molecule has 0 aromatic heterocycles. The van der Waals surface area contributed by atoms with Crippen LogP contribution in [0, 0.1) is 18.6 Å². The number of halogens is 2. The van der Waals surface area contributed by atoms with E-state index >= 15 is 0 Å². The minimum atomic E-state index is -0.839. The molecule has 3 nitrogen and oxygen atoms in total. The summed E-state index contributed by atoms with van der Waals surface area (Å²) in [5.74, 6) is -1.95. The molecule has 0 saturated carbocycles. The van der Waals surface area contributed by atoms with Crippen molar-refractivity contribution in [2.24, 2.45) is 5.73 Å². The van der Waals surface area contributed by atoms with E-state index in [0.717, 1.165) is 6.07 Å². The molecule has 1 aromatic rings. The van der Waals surface area contributed by atoms with Crippen LogP contribution in [0.2, 0.25) is 0 Å². The molecule has 2 N–H and O–H groups in total. The van der Waals surface area contributed by atoms with Gasteiger partial charge in [0, 0.05) is 25.7 Å². The zero-order valence-corrected chi connectivity index (χ0v) is 9.96. The summed E-state index contributed by atoms with van der Waals surface area (Å²) in [7, 11) is 0. The second kappa shape index (κ2) is 5.72. The van der Waals surface area contributed by atoms with Gasteiger partial charge in [-0.3, -0.25) is 4.79 Å². The quantitative estimate of drug-likeness (QED) is 0.873. The number of likely N-dealkylation sites (N-methyl/N-ethyl adjacent to an activating group) is 1. The normalized spacial score (nSPS) is 10.4. The topological polar surface area (TPSA) is 46.3 Å². The average Bonchev–Trinajstić information content (AvgIpc) is 2.30. The van der Waals surface area contributed by atoms with Crippen LogP contribution in [0.4, 0.5) is 8.78 Å². The summed E-state index contributed by atoms with van der Waals surface area (Å²) in [6.07, 6.45) is 0. The van der Waals surface area contributed by atoms with Crippen molar-refractivity contribution in [1.29, 1.82) is 0 Å². The number of rotatable bonds is 4. The zero-order valence-electron chi connectivity index (χ0n) is 9.96. The lowest BCUT2D eigenvalue weighted by molar-refractivity contribution is 0.0764. The maximum atomic E-state index is 13.5. The molecule has 5 heteroatoms. The second-order valence-electron chi connectivity index (χ2n) is 3.75. The maximum absolute atomic E-state index is 13.5. The molecular weight excluding hydrogens is 226 g/mol. The van der Waals surface area contributed by atoms with Crippen LogP contribution < -0.4 is 5.73 Å². The molecule has 0 saturated heterocycles. The minimum Gasteiger partial charge on any atom is -0.338 e. The van der Waals surface area contributed by atoms with Gasteiger partial charge in [0.15, 0.2) is 0 Å². The molecule has 0 aliphatic heterocycles. The van der Waals surface area contributed by atoms with Gasteiger partial charge in [0.2, 0.25) is 0 Å². The van der Waals surface area contributed by atoms with Crippen LogP contribution >= 0.6 is 0 Å². The highest BCUT2D eigenvalue weighted by Gasteiger charge is 2.19. The van der Waals surface area contributed by atoms with E-state index in [9.17, 15) is 13.6 Å². The van der Waals surface area contributed by atoms with Crippen molar-refractivity contribution in [1.82, 2.24) is 4.90 Å². The molecule has 1 aromatic carbocycles. The third kappa shape index (κ3) is 3.00. The molecule has 0 spiro atoms. The van der Waals surface area contributed by atoms with Gasteiger partial charge in [-0.25, -0.2) is 8.78 Å². The Morgan fingerprint density at radius 3 is 2.53 bits per heavy atom. The van der Waals surface area contributed by atoms with Gasteiger partial charge in [0.05, 0.1) is 5.56 Å². The van der Waals surface area contributed by atoms with Gasteiger partial charge in [0.25, 0.3) is 5.91 Å². The van der Waals surface area contributed by atoms with Crippen molar-refractivity contribution in [2.45, 2.75) is 13.8 Å². The number of nitrogens with two attached hydrogens (primary N) is 1. The van der Waals surface area contributed by atoms with E-state index in [2.05, 4.69) is 0 Å². The summed E-state index contributed by atoms with van der Waals surface area (Å²) in [5.41, 5.74) is 5.50. The first-order valence-corrected chi connectivity index (χ1v) is 5.46. The number of amides is 1. The fourth-order valence-corrected chi connectivity index (χ4v) is 1.55. The molecule has 1 rings (SSSR count). The van der Waals surface area contributed by atoms with Gasteiger partial charge < -0.3 is 10.6 Å². The van der Waals surface area contributed by atoms with E-state index in [1.165, 1.54) is 17.9 Å². The minimum absolute atomic E-state index is 0.112. The Balaban J connectivity index is 3.07. The first-order chi connectivity index (χ1) is 8.01. The number of nitrogens with zero attached hydrogens (tertiary/aromatic N) is 1. The van der Waals surface area contributed by atoms with E-state index < -0.39 is 17.5 Å². The standard InChI is InChI=1S/C12H16F2N2O/c1-3-16(5-4-15)12(17)9-6-8(2)10(13)7-11(9)14/h6-7H,3-5,15H2,1-2H3. The van der Waals surface area contributed by atoms with Gasteiger partial charge in [0.1, 0.15) is 11.6 Å². The Bertz CT molecular complexity index is 421. The zero-order chi connectivity index (χ0) is 13.0. The number of benzene rings is 1. The Kier molecular flexibility index (Phi) is 4.57. The molecule has 0 aliphatic carbocycles. The summed E-state index contributed by atoms with van der Waals surface area (Å²) in [5, 5.41) is 0. The smallest absolute Gasteiger partial charge is 0.256 e. The molecule has 0 fully saturated rings. The third-order valence-corrected chi connectivity index (χ3v) is 2.55. The van der Waals surface area contributed by atoms with E-state index in [-0.39, 0.29) is 11.1 Å². The summed E-state index contributed by atoms with van der Waals surface area (Å²) in [4.78, 5) is 13.4. The van der Waals surface area contributed by atoms with E-state index in [0.29, 0.717) is 19.6 Å². The molecule has 0 unspecified atom stereocenters. The van der Waals surface area contributed by atoms with Gasteiger partial charge in [-0.2, -0.15) is 0 Å². The predicted molar refractivity (Wildman–Crippen MR) is 61.7 cm³/mol. The summed E-state index contributed by atoms with van der Waals surface area (Å²) >= 11 is 0. The van der Waals surface area contributed by atoms with Gasteiger partial charge in [-0.05, 0) is 25.5 Å². The number of carbonyl (C=O) groups excluding carboxylic acids is 1. The summed E-state index contributed by atoms with van der Waals surface area (Å²) in [6, 6.07) is 1.96. The van der Waals surface area contributed by atoms with Gasteiger partial charge in [-0.1, -0.05) is 0 Å². The number of hydrogen-bond acceptors (Lipinski definition) is 2. The second-order valence-corrected chi connectivity index (χ2v) is 3.75. The monoisotopic (exact) mass is 242 g/mol. The summed E-state index contributed by atoms with van der Waals surface area (Å²) in [6.45, 7) is 4.37. The molecule has 17 heavy (non-hydrogen) atoms. The Morgan fingerprint density at radius 2 is 2.00 bits per heavy atom. The maximum Gasteiger partial charge on any atom is 0.256 e. The Labute approximate surface area is 99.2 Å². The number of carbonyl (C=O) groups is 1. The highest BCUT2D eigenvalue weighted by atomic mass is 19.1. The fourth-order valence-electron chi connectivity index (χ4n) is 1.55. The van der Waals surface area contributed by atoms with Gasteiger partial charge >= 0.3 is 0 Å². The van der Waals surface area contributed by atoms with Crippen LogP contribution in [0.25, 0.3) is 0 Å². The molecule has 0 radical (unpaired) electrons. The molecular formula is C12H16F2N2O. The van der Waals surface area contributed by atoms with Crippen LogP contribution in [-0.4, -0.2) is 30.4 Å². The van der Waals surface area contributed by atoms with Crippen LogP contribution in [0.1, 0.15) is 22.8 Å². The Morgan fingerprint density at radius 1 is 1.35 bits per heavy atom. The first-order valence-electron chi connectivity index (χ1n) is 5.46. The fraction of sp³-hybridized carbons (Fsp3) is 0.417. The van der Waals surface area contributed by atoms with Gasteiger partial charge in [-0.15, -0.1) is 0 Å². The average molecular weight is 242 g/mol. The predicted octanol–water partition coefficient (Wildman–Crippen LogP) is 1.69. The molecule has 0 atom stereocenters. The molecule has 94 valence electrons. The molecule has 0 aliphatic rings. The highest BCUT2D eigenvalue weighted by Crippen LogP contribution is 2.16. The Hall–Kier alpha value is -1.49. The van der Waals surface area contributed by atoms with Crippen molar-refractivity contribution in [3.05, 3.63) is 34.9 Å². The SMILES string of the molecule is CCN(CCN)C(=O)c1cc(C)c(F)cc1F. The van der Waals surface area contributed by atoms with Crippen LogP contribution in [0.3, 0.4) is 0 Å². The largest absolute Gasteiger partial charge is 0.338 e. The molecule has 0 bridgehead atoms. The van der Waals surface area contributed by atoms with E-state index in [1.54, 1.807) is 6.92 Å². The first kappa shape index (κ1) is 13.6.